The number of pyridine rings is 1. The standard InChI is InChI=1S/C18H16F4N4O/c1-8(10-3-11(16(19)20)5-12(4-10)17(21)22)24-18-13-7-23-15(27)6-14(13)25-9(2)26-18/h3-8,16-17H,1-2H3,(H,23,27)(H,24,25,26). The largest absolute Gasteiger partial charge is 0.363 e. The van der Waals surface area contributed by atoms with Crippen LogP contribution in [0.15, 0.2) is 35.3 Å². The maximum absolute atomic E-state index is 13.1. The van der Waals surface area contributed by atoms with E-state index in [2.05, 4.69) is 20.3 Å². The molecule has 0 fully saturated rings. The lowest BCUT2D eigenvalue weighted by molar-refractivity contribution is 0.144. The molecule has 0 aliphatic heterocycles. The molecule has 2 heterocycles. The number of rotatable bonds is 5. The highest BCUT2D eigenvalue weighted by Crippen LogP contribution is 2.31. The molecule has 0 spiro atoms. The fourth-order valence-electron chi connectivity index (χ4n) is 2.77. The predicted octanol–water partition coefficient (Wildman–Crippen LogP) is 4.67. The van der Waals surface area contributed by atoms with E-state index in [1.165, 1.54) is 24.4 Å². The number of aryl methyl sites for hydroxylation is 1. The van der Waals surface area contributed by atoms with Gasteiger partial charge in [-0.15, -0.1) is 0 Å². The van der Waals surface area contributed by atoms with Crippen LogP contribution >= 0.6 is 0 Å². The number of halogens is 4. The summed E-state index contributed by atoms with van der Waals surface area (Å²) in [4.78, 5) is 22.4. The van der Waals surface area contributed by atoms with Crippen molar-refractivity contribution < 1.29 is 17.6 Å². The minimum absolute atomic E-state index is 0.275. The molecule has 1 atom stereocenters. The number of alkyl halides is 4. The Morgan fingerprint density at radius 3 is 2.15 bits per heavy atom. The fraction of sp³-hybridized carbons (Fsp3) is 0.278. The Morgan fingerprint density at radius 2 is 1.56 bits per heavy atom. The van der Waals surface area contributed by atoms with Gasteiger partial charge < -0.3 is 10.3 Å². The van der Waals surface area contributed by atoms with Crippen molar-refractivity contribution in [2.24, 2.45) is 0 Å². The van der Waals surface area contributed by atoms with Gasteiger partial charge in [0, 0.05) is 29.4 Å². The van der Waals surface area contributed by atoms with Crippen LogP contribution in [-0.4, -0.2) is 15.0 Å². The molecule has 0 aliphatic carbocycles. The van der Waals surface area contributed by atoms with Gasteiger partial charge in [0.1, 0.15) is 11.6 Å². The van der Waals surface area contributed by atoms with Gasteiger partial charge in [0.2, 0.25) is 5.56 Å². The van der Waals surface area contributed by atoms with Gasteiger partial charge in [-0.3, -0.25) is 4.79 Å². The van der Waals surface area contributed by atoms with Crippen LogP contribution in [0.5, 0.6) is 0 Å². The van der Waals surface area contributed by atoms with Gasteiger partial charge in [-0.25, -0.2) is 27.5 Å². The first-order valence-corrected chi connectivity index (χ1v) is 8.09. The highest BCUT2D eigenvalue weighted by molar-refractivity contribution is 5.88. The second-order valence-electron chi connectivity index (χ2n) is 6.12. The minimum atomic E-state index is -2.86. The maximum Gasteiger partial charge on any atom is 0.263 e. The molecule has 0 saturated heterocycles. The summed E-state index contributed by atoms with van der Waals surface area (Å²) in [5, 5.41) is 3.55. The smallest absolute Gasteiger partial charge is 0.263 e. The molecule has 0 saturated carbocycles. The summed E-state index contributed by atoms with van der Waals surface area (Å²) in [6, 6.07) is 3.90. The summed E-state index contributed by atoms with van der Waals surface area (Å²) in [5.41, 5.74) is -0.577. The van der Waals surface area contributed by atoms with Crippen molar-refractivity contribution in [1.82, 2.24) is 15.0 Å². The molecule has 0 radical (unpaired) electrons. The first-order valence-electron chi connectivity index (χ1n) is 8.09. The number of anilines is 1. The number of nitrogens with zero attached hydrogens (tertiary/aromatic N) is 2. The third kappa shape index (κ3) is 4.07. The van der Waals surface area contributed by atoms with E-state index in [9.17, 15) is 22.4 Å². The molecular formula is C18H16F4N4O. The van der Waals surface area contributed by atoms with Gasteiger partial charge in [0.25, 0.3) is 12.9 Å². The SMILES string of the molecule is Cc1nc(NC(C)c2cc(C(F)F)cc(C(F)F)c2)c2c[nH]c(=O)cc2n1. The third-order valence-corrected chi connectivity index (χ3v) is 4.07. The summed E-state index contributed by atoms with van der Waals surface area (Å²) >= 11 is 0. The maximum atomic E-state index is 13.1. The molecule has 5 nitrogen and oxygen atoms in total. The van der Waals surface area contributed by atoms with E-state index < -0.39 is 30.0 Å². The quantitative estimate of drug-likeness (QED) is 0.631. The number of hydrogen-bond acceptors (Lipinski definition) is 4. The van der Waals surface area contributed by atoms with Gasteiger partial charge in [0.15, 0.2) is 0 Å². The second-order valence-corrected chi connectivity index (χ2v) is 6.12. The van der Waals surface area contributed by atoms with Crippen molar-refractivity contribution in [3.05, 3.63) is 63.3 Å². The van der Waals surface area contributed by atoms with Crippen LogP contribution in [0.4, 0.5) is 23.4 Å². The average Bonchev–Trinajstić information content (AvgIpc) is 2.60. The molecule has 9 heteroatoms. The number of nitrogens with one attached hydrogen (secondary N) is 2. The topological polar surface area (TPSA) is 70.7 Å². The molecular weight excluding hydrogens is 364 g/mol. The normalized spacial score (nSPS) is 12.7. The van der Waals surface area contributed by atoms with Crippen molar-refractivity contribution >= 4 is 16.7 Å². The van der Waals surface area contributed by atoms with Gasteiger partial charge in [-0.2, -0.15) is 0 Å². The zero-order chi connectivity index (χ0) is 19.7. The Labute approximate surface area is 151 Å². The molecule has 3 aromatic rings. The first kappa shape index (κ1) is 18.8. The van der Waals surface area contributed by atoms with E-state index >= 15 is 0 Å². The number of hydrogen-bond donors (Lipinski definition) is 2. The van der Waals surface area contributed by atoms with E-state index in [0.29, 0.717) is 22.5 Å². The van der Waals surface area contributed by atoms with Crippen molar-refractivity contribution in [2.75, 3.05) is 5.32 Å². The lowest BCUT2D eigenvalue weighted by atomic mass is 10.0. The molecule has 3 rings (SSSR count). The van der Waals surface area contributed by atoms with Crippen molar-refractivity contribution in [3.63, 3.8) is 0 Å². The Morgan fingerprint density at radius 1 is 0.963 bits per heavy atom. The van der Waals surface area contributed by atoms with Crippen LogP contribution in [0.25, 0.3) is 10.9 Å². The van der Waals surface area contributed by atoms with Crippen molar-refractivity contribution in [2.45, 2.75) is 32.7 Å². The molecule has 142 valence electrons. The molecule has 2 aromatic heterocycles. The average molecular weight is 380 g/mol. The lowest BCUT2D eigenvalue weighted by Crippen LogP contribution is -2.12. The Balaban J connectivity index is 2.02. The van der Waals surface area contributed by atoms with Crippen molar-refractivity contribution in [1.29, 1.82) is 0 Å². The molecule has 0 aliphatic rings. The summed E-state index contributed by atoms with van der Waals surface area (Å²) in [5.74, 6) is 0.764. The van der Waals surface area contributed by atoms with Crippen LogP contribution in [0.3, 0.4) is 0 Å². The second kappa shape index (κ2) is 7.34. The van der Waals surface area contributed by atoms with E-state index in [4.69, 9.17) is 0 Å². The summed E-state index contributed by atoms with van der Waals surface area (Å²) in [6.07, 6.45) is -4.28. The number of H-pyrrole nitrogens is 1. The van der Waals surface area contributed by atoms with E-state index in [-0.39, 0.29) is 11.1 Å². The fourth-order valence-corrected chi connectivity index (χ4v) is 2.77. The number of aromatic amines is 1. The zero-order valence-corrected chi connectivity index (χ0v) is 14.4. The molecule has 1 unspecified atom stereocenters. The number of aromatic nitrogens is 3. The molecule has 0 amide bonds. The summed E-state index contributed by atoms with van der Waals surface area (Å²) in [6.45, 7) is 3.29. The highest BCUT2D eigenvalue weighted by Gasteiger charge is 2.18. The summed E-state index contributed by atoms with van der Waals surface area (Å²) < 4.78 is 52.2. The van der Waals surface area contributed by atoms with E-state index in [1.807, 2.05) is 0 Å². The van der Waals surface area contributed by atoms with Crippen LogP contribution in [0.2, 0.25) is 0 Å². The molecule has 2 N–H and O–H groups in total. The van der Waals surface area contributed by atoms with Gasteiger partial charge in [-0.05, 0) is 37.6 Å². The van der Waals surface area contributed by atoms with Crippen LogP contribution in [0.1, 0.15) is 48.3 Å². The predicted molar refractivity (Wildman–Crippen MR) is 93.3 cm³/mol. The van der Waals surface area contributed by atoms with E-state index in [0.717, 1.165) is 6.07 Å². The Bertz CT molecular complexity index is 1010. The Kier molecular flexibility index (Phi) is 5.11. The lowest BCUT2D eigenvalue weighted by Gasteiger charge is -2.18. The zero-order valence-electron chi connectivity index (χ0n) is 14.4. The molecule has 1 aromatic carbocycles. The van der Waals surface area contributed by atoms with Gasteiger partial charge in [0.05, 0.1) is 10.9 Å². The highest BCUT2D eigenvalue weighted by atomic mass is 19.3. The monoisotopic (exact) mass is 380 g/mol. The minimum Gasteiger partial charge on any atom is -0.363 e. The van der Waals surface area contributed by atoms with Crippen LogP contribution in [0, 0.1) is 6.92 Å². The molecule has 0 bridgehead atoms. The van der Waals surface area contributed by atoms with Gasteiger partial charge >= 0.3 is 0 Å². The molecule has 27 heavy (non-hydrogen) atoms. The summed E-state index contributed by atoms with van der Waals surface area (Å²) in [7, 11) is 0. The van der Waals surface area contributed by atoms with Gasteiger partial charge in [-0.1, -0.05) is 0 Å². The van der Waals surface area contributed by atoms with Crippen molar-refractivity contribution in [3.8, 4) is 0 Å². The number of fused-ring (bicyclic) bond motifs is 1. The Hall–Kier alpha value is -2.97. The van der Waals surface area contributed by atoms with Crippen LogP contribution in [-0.2, 0) is 0 Å². The third-order valence-electron chi connectivity index (χ3n) is 4.07. The van der Waals surface area contributed by atoms with E-state index in [1.54, 1.807) is 13.8 Å². The number of benzene rings is 1. The van der Waals surface area contributed by atoms with Crippen LogP contribution < -0.4 is 10.9 Å². The first-order chi connectivity index (χ1) is 12.7.